The molecule has 0 radical (unpaired) electrons. The fourth-order valence-electron chi connectivity index (χ4n) is 3.86. The quantitative estimate of drug-likeness (QED) is 0.231. The Morgan fingerprint density at radius 3 is 2.17 bits per heavy atom. The highest BCUT2D eigenvalue weighted by Crippen LogP contribution is 2.17. The maximum absolute atomic E-state index is 12.4. The predicted molar refractivity (Wildman–Crippen MR) is 142 cm³/mol. The molecule has 7 nitrogen and oxygen atoms in total. The highest BCUT2D eigenvalue weighted by Gasteiger charge is 2.18. The van der Waals surface area contributed by atoms with Gasteiger partial charge in [-0.25, -0.2) is 0 Å². The molecule has 1 amide bonds. The summed E-state index contributed by atoms with van der Waals surface area (Å²) in [5.74, 6) is 1.37. The maximum Gasteiger partial charge on any atom is 0.308 e. The fourth-order valence-corrected chi connectivity index (χ4v) is 3.86. The van der Waals surface area contributed by atoms with Gasteiger partial charge in [-0.2, -0.15) is 0 Å². The van der Waals surface area contributed by atoms with Crippen molar-refractivity contribution in [3.63, 3.8) is 0 Å². The molecule has 0 spiro atoms. The van der Waals surface area contributed by atoms with Gasteiger partial charge in [0.1, 0.15) is 18.1 Å². The first-order valence-electron chi connectivity index (χ1n) is 12.9. The topological polar surface area (TPSA) is 77.1 Å². The number of hydrogen-bond donors (Lipinski definition) is 1. The molecule has 2 rings (SSSR count). The molecule has 0 aliphatic carbocycles. The molecule has 7 heteroatoms. The van der Waals surface area contributed by atoms with E-state index in [1.807, 2.05) is 73.6 Å². The normalized spacial score (nSPS) is 11.7. The van der Waals surface area contributed by atoms with Crippen LogP contribution in [0.2, 0.25) is 0 Å². The standard InChI is InChI=1S/C29H42N2O5/c1-31(2)22-25(21-29(33)36-23-24-13-9-8-10-14-24)30-28(32)15-11-6-4-5-7-12-20-35-27-18-16-26(34-3)17-19-27/h8-10,13-14,16-19,25H,4-7,11-12,15,20-23H2,1-3H3,(H,30,32)/t25-/m1/s1. The average Bonchev–Trinajstić information content (AvgIpc) is 2.87. The van der Waals surface area contributed by atoms with Gasteiger partial charge in [-0.05, 0) is 56.8 Å². The Morgan fingerprint density at radius 2 is 1.50 bits per heavy atom. The Kier molecular flexibility index (Phi) is 14.1. The summed E-state index contributed by atoms with van der Waals surface area (Å²) in [5.41, 5.74) is 0.948. The number of carbonyl (C=O) groups excluding carboxylic acids is 2. The van der Waals surface area contributed by atoms with E-state index in [4.69, 9.17) is 14.2 Å². The third-order valence-corrected chi connectivity index (χ3v) is 5.73. The van der Waals surface area contributed by atoms with E-state index >= 15 is 0 Å². The monoisotopic (exact) mass is 498 g/mol. The molecule has 0 unspecified atom stereocenters. The number of unbranched alkanes of at least 4 members (excludes halogenated alkanes) is 5. The number of hydrogen-bond acceptors (Lipinski definition) is 6. The molecule has 0 saturated carbocycles. The van der Waals surface area contributed by atoms with E-state index in [2.05, 4.69) is 5.32 Å². The maximum atomic E-state index is 12.4. The smallest absolute Gasteiger partial charge is 0.308 e. The number of benzene rings is 2. The molecule has 0 aromatic heterocycles. The van der Waals surface area contributed by atoms with Crippen molar-refractivity contribution in [3.05, 3.63) is 60.2 Å². The molecule has 1 N–H and O–H groups in total. The van der Waals surface area contributed by atoms with Crippen molar-refractivity contribution in [2.75, 3.05) is 34.4 Å². The molecule has 0 aliphatic heterocycles. The number of methoxy groups -OCH3 is 1. The Hall–Kier alpha value is -3.06. The van der Waals surface area contributed by atoms with Gasteiger partial charge in [0.05, 0.1) is 26.2 Å². The van der Waals surface area contributed by atoms with Crippen molar-refractivity contribution in [2.24, 2.45) is 0 Å². The Labute approximate surface area is 216 Å². The second kappa shape index (κ2) is 17.4. The van der Waals surface area contributed by atoms with Crippen LogP contribution < -0.4 is 14.8 Å². The molecule has 0 heterocycles. The Balaban J connectivity index is 1.54. The third-order valence-electron chi connectivity index (χ3n) is 5.73. The van der Waals surface area contributed by atoms with Gasteiger partial charge in [-0.15, -0.1) is 0 Å². The van der Waals surface area contributed by atoms with Gasteiger partial charge in [0.2, 0.25) is 5.91 Å². The Bertz CT molecular complexity index is 871. The minimum absolute atomic E-state index is 0.00870. The van der Waals surface area contributed by atoms with Gasteiger partial charge in [-0.1, -0.05) is 56.0 Å². The number of esters is 1. The van der Waals surface area contributed by atoms with E-state index in [-0.39, 0.29) is 30.9 Å². The third kappa shape index (κ3) is 13.1. The van der Waals surface area contributed by atoms with E-state index in [9.17, 15) is 9.59 Å². The van der Waals surface area contributed by atoms with Crippen LogP contribution >= 0.6 is 0 Å². The molecule has 0 fully saturated rings. The number of rotatable bonds is 18. The lowest BCUT2D eigenvalue weighted by atomic mass is 10.1. The van der Waals surface area contributed by atoms with Gasteiger partial charge < -0.3 is 24.4 Å². The lowest BCUT2D eigenvalue weighted by Gasteiger charge is -2.22. The first-order valence-corrected chi connectivity index (χ1v) is 12.9. The first kappa shape index (κ1) is 29.2. The van der Waals surface area contributed by atoms with Crippen molar-refractivity contribution in [2.45, 2.75) is 64.0 Å². The van der Waals surface area contributed by atoms with Gasteiger partial charge in [-0.3, -0.25) is 9.59 Å². The van der Waals surface area contributed by atoms with Crippen LogP contribution in [0.4, 0.5) is 0 Å². The second-order valence-electron chi connectivity index (χ2n) is 9.27. The second-order valence-corrected chi connectivity index (χ2v) is 9.27. The van der Waals surface area contributed by atoms with Crippen LogP contribution in [0, 0.1) is 0 Å². The van der Waals surface area contributed by atoms with Crippen molar-refractivity contribution < 1.29 is 23.8 Å². The zero-order valence-electron chi connectivity index (χ0n) is 22.0. The van der Waals surface area contributed by atoms with Crippen molar-refractivity contribution >= 4 is 11.9 Å². The van der Waals surface area contributed by atoms with Crippen LogP contribution in [-0.4, -0.2) is 57.2 Å². The van der Waals surface area contributed by atoms with Gasteiger partial charge in [0.15, 0.2) is 0 Å². The summed E-state index contributed by atoms with van der Waals surface area (Å²) < 4.78 is 16.3. The number of amides is 1. The number of nitrogens with one attached hydrogen (secondary N) is 1. The van der Waals surface area contributed by atoms with Crippen molar-refractivity contribution in [1.82, 2.24) is 10.2 Å². The first-order chi connectivity index (χ1) is 17.5. The van der Waals surface area contributed by atoms with E-state index in [0.29, 0.717) is 19.6 Å². The molecule has 1 atom stereocenters. The van der Waals surface area contributed by atoms with Gasteiger partial charge in [0, 0.05) is 13.0 Å². The highest BCUT2D eigenvalue weighted by atomic mass is 16.5. The van der Waals surface area contributed by atoms with Crippen LogP contribution in [-0.2, 0) is 20.9 Å². The number of likely N-dealkylation sites (N-methyl/N-ethyl adjacent to an activating group) is 1. The van der Waals surface area contributed by atoms with Crippen LogP contribution in [0.15, 0.2) is 54.6 Å². The number of nitrogens with zero attached hydrogens (tertiary/aromatic N) is 1. The molecule has 36 heavy (non-hydrogen) atoms. The molecule has 2 aromatic rings. The molecular formula is C29H42N2O5. The molecule has 198 valence electrons. The minimum atomic E-state index is -0.304. The lowest BCUT2D eigenvalue weighted by molar-refractivity contribution is -0.145. The molecule has 2 aromatic carbocycles. The summed E-state index contributed by atoms with van der Waals surface area (Å²) in [4.78, 5) is 26.7. The average molecular weight is 499 g/mol. The molecular weight excluding hydrogens is 456 g/mol. The van der Waals surface area contributed by atoms with E-state index in [1.165, 1.54) is 0 Å². The van der Waals surface area contributed by atoms with Gasteiger partial charge >= 0.3 is 5.97 Å². The summed E-state index contributed by atoms with van der Waals surface area (Å²) in [5, 5.41) is 3.01. The van der Waals surface area contributed by atoms with Crippen LogP contribution in [0.3, 0.4) is 0 Å². The largest absolute Gasteiger partial charge is 0.497 e. The minimum Gasteiger partial charge on any atom is -0.497 e. The Morgan fingerprint density at radius 1 is 0.861 bits per heavy atom. The van der Waals surface area contributed by atoms with Crippen LogP contribution in [0.25, 0.3) is 0 Å². The van der Waals surface area contributed by atoms with Crippen molar-refractivity contribution in [1.29, 1.82) is 0 Å². The summed E-state index contributed by atoms with van der Waals surface area (Å²) in [6.07, 6.45) is 6.86. The summed E-state index contributed by atoms with van der Waals surface area (Å²) >= 11 is 0. The summed E-state index contributed by atoms with van der Waals surface area (Å²) in [6.45, 7) is 1.54. The SMILES string of the molecule is COc1ccc(OCCCCCCCCC(=O)N[C@H](CC(=O)OCc2ccccc2)CN(C)C)cc1. The highest BCUT2D eigenvalue weighted by molar-refractivity contribution is 5.77. The molecule has 0 bridgehead atoms. The predicted octanol–water partition coefficient (Wildman–Crippen LogP) is 4.98. The van der Waals surface area contributed by atoms with Crippen LogP contribution in [0.1, 0.15) is 56.9 Å². The molecule has 0 aliphatic rings. The van der Waals surface area contributed by atoms with E-state index < -0.39 is 0 Å². The molecule has 0 saturated heterocycles. The van der Waals surface area contributed by atoms with Crippen molar-refractivity contribution in [3.8, 4) is 11.5 Å². The summed E-state index contributed by atoms with van der Waals surface area (Å²) in [6, 6.07) is 17.0. The zero-order chi connectivity index (χ0) is 26.0. The zero-order valence-corrected chi connectivity index (χ0v) is 22.0. The van der Waals surface area contributed by atoms with Gasteiger partial charge in [0.25, 0.3) is 0 Å². The number of ether oxygens (including phenoxy) is 3. The van der Waals surface area contributed by atoms with E-state index in [1.54, 1.807) is 7.11 Å². The lowest BCUT2D eigenvalue weighted by Crippen LogP contribution is -2.43. The summed E-state index contributed by atoms with van der Waals surface area (Å²) in [7, 11) is 5.50. The fraction of sp³-hybridized carbons (Fsp3) is 0.517. The number of carbonyl (C=O) groups is 2. The van der Waals surface area contributed by atoms with E-state index in [0.717, 1.165) is 55.6 Å². The van der Waals surface area contributed by atoms with Crippen LogP contribution in [0.5, 0.6) is 11.5 Å².